The number of anilines is 2. The molecule has 3 aliphatic heterocycles. The summed E-state index contributed by atoms with van der Waals surface area (Å²) in [5.41, 5.74) is 1.47. The molecule has 196 valence electrons. The Bertz CT molecular complexity index is 1210. The number of morpholine rings is 1. The molecule has 0 aliphatic carbocycles. The summed E-state index contributed by atoms with van der Waals surface area (Å²) in [5, 5.41) is 18.3. The van der Waals surface area contributed by atoms with Crippen LogP contribution in [0.3, 0.4) is 0 Å². The van der Waals surface area contributed by atoms with Crippen molar-refractivity contribution < 1.29 is 19.2 Å². The van der Waals surface area contributed by atoms with Crippen LogP contribution in [0.1, 0.15) is 46.4 Å². The Labute approximate surface area is 222 Å². The number of amides is 2. The topological polar surface area (TPSA) is 130 Å². The molecular weight excluding hydrogens is 544 g/mol. The molecule has 3 aliphatic rings. The fraction of sp³-hybridized carbons (Fsp3) is 0.480. The number of hydrogen-bond donors (Lipinski definition) is 2. The zero-order valence-corrected chi connectivity index (χ0v) is 22.1. The van der Waals surface area contributed by atoms with E-state index < -0.39 is 4.92 Å². The Kier molecular flexibility index (Phi) is 7.29. The van der Waals surface area contributed by atoms with Gasteiger partial charge in [0.15, 0.2) is 0 Å². The number of nitrogens with one attached hydrogen (secondary N) is 2. The highest BCUT2D eigenvalue weighted by Crippen LogP contribution is 2.36. The van der Waals surface area contributed by atoms with Gasteiger partial charge in [-0.15, -0.1) is 0 Å². The number of aromatic nitrogens is 1. The summed E-state index contributed by atoms with van der Waals surface area (Å²) in [7, 11) is 1.76. The molecule has 12 heteroatoms. The number of benzene rings is 1. The van der Waals surface area contributed by atoms with E-state index in [-0.39, 0.29) is 47.0 Å². The summed E-state index contributed by atoms with van der Waals surface area (Å²) in [6, 6.07) is 4.53. The lowest BCUT2D eigenvalue weighted by molar-refractivity contribution is -0.384. The van der Waals surface area contributed by atoms with E-state index in [1.54, 1.807) is 35.2 Å². The van der Waals surface area contributed by atoms with E-state index in [4.69, 9.17) is 4.74 Å². The number of carbonyl (C=O) groups excluding carboxylic acids is 2. The van der Waals surface area contributed by atoms with Gasteiger partial charge in [-0.1, -0.05) is 15.9 Å². The molecule has 0 radical (unpaired) electrons. The molecule has 3 fully saturated rings. The molecule has 2 amide bonds. The van der Waals surface area contributed by atoms with Crippen molar-refractivity contribution in [1.29, 1.82) is 0 Å². The van der Waals surface area contributed by atoms with Crippen molar-refractivity contribution in [3.63, 3.8) is 0 Å². The second-order valence-corrected chi connectivity index (χ2v) is 10.6. The molecule has 11 nitrogen and oxygen atoms in total. The minimum absolute atomic E-state index is 0.00932. The van der Waals surface area contributed by atoms with Gasteiger partial charge >= 0.3 is 0 Å². The fourth-order valence-electron chi connectivity index (χ4n) is 5.37. The van der Waals surface area contributed by atoms with Gasteiger partial charge in [0, 0.05) is 62.2 Å². The number of ether oxygens (including phenoxy) is 1. The Hall–Kier alpha value is -3.25. The largest absolute Gasteiger partial charge is 0.387 e. The molecule has 2 bridgehead atoms. The second-order valence-electron chi connectivity index (χ2n) is 9.72. The summed E-state index contributed by atoms with van der Waals surface area (Å²) in [5.74, 6) is -0.410. The van der Waals surface area contributed by atoms with Crippen LogP contribution < -0.4 is 10.6 Å². The molecule has 1 aromatic heterocycles. The van der Waals surface area contributed by atoms with Gasteiger partial charge in [0.05, 0.1) is 33.9 Å². The van der Waals surface area contributed by atoms with Gasteiger partial charge in [-0.3, -0.25) is 24.7 Å². The third kappa shape index (κ3) is 5.40. The van der Waals surface area contributed by atoms with Crippen LogP contribution in [0.25, 0.3) is 0 Å². The highest BCUT2D eigenvalue weighted by molar-refractivity contribution is 9.10. The highest BCUT2D eigenvalue weighted by atomic mass is 79.9. The van der Waals surface area contributed by atoms with Crippen LogP contribution in [0.2, 0.25) is 0 Å². The number of piperidine rings is 1. The number of halogens is 1. The molecule has 0 saturated carbocycles. The normalized spacial score (nSPS) is 23.0. The van der Waals surface area contributed by atoms with Crippen molar-refractivity contribution in [2.45, 2.75) is 43.9 Å². The molecule has 3 saturated heterocycles. The number of fused-ring (bicyclic) bond motifs is 2. The minimum Gasteiger partial charge on any atom is -0.387 e. The number of carbonyl (C=O) groups is 2. The van der Waals surface area contributed by atoms with Crippen LogP contribution in [-0.2, 0) is 4.74 Å². The monoisotopic (exact) mass is 572 g/mol. The lowest BCUT2D eigenvalue weighted by atomic mass is 10.0. The Morgan fingerprint density at radius 3 is 2.54 bits per heavy atom. The van der Waals surface area contributed by atoms with Gasteiger partial charge in [0.1, 0.15) is 5.69 Å². The first-order valence-electron chi connectivity index (χ1n) is 12.4. The van der Waals surface area contributed by atoms with Crippen LogP contribution in [0, 0.1) is 10.1 Å². The van der Waals surface area contributed by atoms with Gasteiger partial charge in [0.25, 0.3) is 17.5 Å². The van der Waals surface area contributed by atoms with Crippen LogP contribution in [-0.4, -0.2) is 83.0 Å². The average Bonchev–Trinajstić information content (AvgIpc) is 3.25. The van der Waals surface area contributed by atoms with Crippen LogP contribution in [0.4, 0.5) is 17.1 Å². The van der Waals surface area contributed by atoms with E-state index in [1.807, 2.05) is 0 Å². The van der Waals surface area contributed by atoms with Crippen LogP contribution in [0.15, 0.2) is 35.1 Å². The molecule has 5 rings (SSSR count). The lowest BCUT2D eigenvalue weighted by Crippen LogP contribution is -2.47. The van der Waals surface area contributed by atoms with Crippen molar-refractivity contribution in [3.8, 4) is 0 Å². The van der Waals surface area contributed by atoms with Crippen molar-refractivity contribution in [1.82, 2.24) is 14.8 Å². The maximum absolute atomic E-state index is 13.6. The summed E-state index contributed by atoms with van der Waals surface area (Å²) >= 11 is 3.34. The van der Waals surface area contributed by atoms with Crippen molar-refractivity contribution in [2.24, 2.45) is 0 Å². The number of pyridine rings is 1. The predicted molar refractivity (Wildman–Crippen MR) is 141 cm³/mol. The summed E-state index contributed by atoms with van der Waals surface area (Å²) < 4.78 is 6.32. The Balaban J connectivity index is 1.39. The smallest absolute Gasteiger partial charge is 0.294 e. The quantitative estimate of drug-likeness (QED) is 0.397. The molecule has 3 atom stereocenters. The molecular formula is C25H29BrN6O5. The number of hydrogen-bond acceptors (Lipinski definition) is 8. The highest BCUT2D eigenvalue weighted by Gasteiger charge is 2.38. The average molecular weight is 573 g/mol. The SMILES string of the molecule is CNc1cncc(C(=O)N2CCC[C@@H](Nc3c(C(=O)N4CC5CCC(C4)O5)cc(Br)cc3[N+](=O)[O-])C2)c1. The summed E-state index contributed by atoms with van der Waals surface area (Å²) in [4.78, 5) is 46.0. The maximum atomic E-state index is 13.6. The third-order valence-electron chi connectivity index (χ3n) is 7.17. The number of nitrogens with zero attached hydrogens (tertiary/aromatic N) is 4. The van der Waals surface area contributed by atoms with Crippen molar-refractivity contribution in [3.05, 3.63) is 56.3 Å². The fourth-order valence-corrected chi connectivity index (χ4v) is 5.81. The molecule has 4 heterocycles. The van der Waals surface area contributed by atoms with Crippen molar-refractivity contribution >= 4 is 44.8 Å². The number of likely N-dealkylation sites (tertiary alicyclic amines) is 2. The molecule has 37 heavy (non-hydrogen) atoms. The zero-order valence-electron chi connectivity index (χ0n) is 20.5. The second kappa shape index (κ2) is 10.6. The zero-order chi connectivity index (χ0) is 26.1. The van der Waals surface area contributed by atoms with Gasteiger partial charge in [-0.05, 0) is 37.8 Å². The predicted octanol–water partition coefficient (Wildman–Crippen LogP) is 3.51. The van der Waals surface area contributed by atoms with E-state index in [0.29, 0.717) is 42.6 Å². The molecule has 2 aromatic rings. The number of nitro benzene ring substituents is 1. The molecule has 0 spiro atoms. The first kappa shape index (κ1) is 25.4. The maximum Gasteiger partial charge on any atom is 0.294 e. The van der Waals surface area contributed by atoms with Crippen LogP contribution >= 0.6 is 15.9 Å². The van der Waals surface area contributed by atoms with Crippen LogP contribution in [0.5, 0.6) is 0 Å². The van der Waals surface area contributed by atoms with E-state index in [9.17, 15) is 19.7 Å². The van der Waals surface area contributed by atoms with E-state index in [0.717, 1.165) is 24.9 Å². The Morgan fingerprint density at radius 2 is 1.84 bits per heavy atom. The van der Waals surface area contributed by atoms with E-state index >= 15 is 0 Å². The third-order valence-corrected chi connectivity index (χ3v) is 7.63. The first-order valence-corrected chi connectivity index (χ1v) is 13.2. The molecule has 2 unspecified atom stereocenters. The van der Waals surface area contributed by atoms with Crippen molar-refractivity contribution in [2.75, 3.05) is 43.9 Å². The molecule has 2 N–H and O–H groups in total. The van der Waals surface area contributed by atoms with E-state index in [1.165, 1.54) is 12.3 Å². The first-order chi connectivity index (χ1) is 17.8. The van der Waals surface area contributed by atoms with E-state index in [2.05, 4.69) is 31.5 Å². The Morgan fingerprint density at radius 1 is 1.08 bits per heavy atom. The standard InChI is InChI=1S/C25H29BrN6O5/c1-27-18-7-15(10-28-11-18)24(33)30-6-2-3-17(12-30)29-23-21(8-16(26)9-22(23)32(35)36)25(34)31-13-19-4-5-20(14-31)37-19/h7-11,17,19-20,27,29H,2-6,12-14H2,1H3/t17-,19?,20?/m1/s1. The van der Waals surface area contributed by atoms with Gasteiger partial charge in [-0.25, -0.2) is 0 Å². The summed E-state index contributed by atoms with van der Waals surface area (Å²) in [6.45, 7) is 1.87. The lowest BCUT2D eigenvalue weighted by Gasteiger charge is -2.35. The minimum atomic E-state index is -0.479. The number of rotatable bonds is 6. The molecule has 1 aromatic carbocycles. The number of nitro groups is 1. The van der Waals surface area contributed by atoms with Gasteiger partial charge in [-0.2, -0.15) is 0 Å². The van der Waals surface area contributed by atoms with Gasteiger partial charge < -0.3 is 25.2 Å². The summed E-state index contributed by atoms with van der Waals surface area (Å²) in [6.07, 6.45) is 6.46. The van der Waals surface area contributed by atoms with Gasteiger partial charge in [0.2, 0.25) is 0 Å².